The monoisotopic (exact) mass is 360 g/mol. The van der Waals surface area contributed by atoms with E-state index in [0.717, 1.165) is 11.1 Å². The lowest BCUT2D eigenvalue weighted by atomic mass is 9.80. The summed E-state index contributed by atoms with van der Waals surface area (Å²) < 4.78 is 18.5. The van der Waals surface area contributed by atoms with E-state index in [1.165, 1.54) is 5.56 Å². The van der Waals surface area contributed by atoms with Crippen LogP contribution in [-0.4, -0.2) is 4.89 Å². The lowest BCUT2D eigenvalue weighted by Crippen LogP contribution is -2.18. The van der Waals surface area contributed by atoms with Gasteiger partial charge < -0.3 is 9.42 Å². The molecule has 4 heteroatoms. The van der Waals surface area contributed by atoms with E-state index in [4.69, 9.17) is 4.52 Å². The molecular formula is C21H29O3P. The molecule has 136 valence electrons. The van der Waals surface area contributed by atoms with Crippen LogP contribution in [0.25, 0.3) is 0 Å². The zero-order valence-corrected chi connectivity index (χ0v) is 17.1. The molecule has 0 heterocycles. The molecule has 0 aliphatic carbocycles. The number of aryl methyl sites for hydroxylation is 1. The van der Waals surface area contributed by atoms with Gasteiger partial charge in [-0.15, -0.1) is 0 Å². The molecule has 2 rings (SSSR count). The van der Waals surface area contributed by atoms with Crippen molar-refractivity contribution in [2.75, 3.05) is 0 Å². The molecule has 1 atom stereocenters. The second-order valence-corrected chi connectivity index (χ2v) is 10.4. The fraction of sp³-hybridized carbons (Fsp3) is 0.429. The quantitative estimate of drug-likeness (QED) is 0.737. The normalized spacial score (nSPS) is 14.9. The van der Waals surface area contributed by atoms with Crippen LogP contribution in [0.4, 0.5) is 0 Å². The predicted octanol–water partition coefficient (Wildman–Crippen LogP) is 5.48. The van der Waals surface area contributed by atoms with Crippen molar-refractivity contribution in [3.63, 3.8) is 0 Å². The van der Waals surface area contributed by atoms with Crippen LogP contribution in [0.1, 0.15) is 58.2 Å². The van der Waals surface area contributed by atoms with Gasteiger partial charge in [0.1, 0.15) is 5.75 Å². The Hall–Kier alpha value is -1.57. The first-order valence-electron chi connectivity index (χ1n) is 8.55. The number of rotatable bonds is 3. The predicted molar refractivity (Wildman–Crippen MR) is 105 cm³/mol. The summed E-state index contributed by atoms with van der Waals surface area (Å²) in [5, 5.41) is 0.304. The highest BCUT2D eigenvalue weighted by atomic mass is 31.2. The van der Waals surface area contributed by atoms with Gasteiger partial charge in [-0.3, -0.25) is 0 Å². The Morgan fingerprint density at radius 3 is 1.92 bits per heavy atom. The molecule has 0 saturated heterocycles. The molecule has 1 unspecified atom stereocenters. The molecule has 1 N–H and O–H groups in total. The summed E-state index contributed by atoms with van der Waals surface area (Å²) in [6, 6.07) is 12.8. The highest BCUT2D eigenvalue weighted by Gasteiger charge is 2.29. The maximum Gasteiger partial charge on any atom is 0.408 e. The minimum atomic E-state index is -3.94. The average molecular weight is 360 g/mol. The van der Waals surface area contributed by atoms with Crippen molar-refractivity contribution in [1.82, 2.24) is 0 Å². The minimum absolute atomic E-state index is 0.00159. The van der Waals surface area contributed by atoms with E-state index in [1.807, 2.05) is 31.2 Å². The lowest BCUT2D eigenvalue weighted by Gasteiger charge is -2.28. The van der Waals surface area contributed by atoms with Crippen molar-refractivity contribution in [2.45, 2.75) is 59.3 Å². The third-order valence-corrected chi connectivity index (χ3v) is 5.63. The molecule has 0 fully saturated rings. The third kappa shape index (κ3) is 4.74. The molecule has 0 aliphatic heterocycles. The van der Waals surface area contributed by atoms with E-state index in [-0.39, 0.29) is 10.8 Å². The summed E-state index contributed by atoms with van der Waals surface area (Å²) in [4.78, 5) is 10.5. The van der Waals surface area contributed by atoms with Crippen LogP contribution >= 0.6 is 7.60 Å². The van der Waals surface area contributed by atoms with Crippen LogP contribution in [0, 0.1) is 6.92 Å². The van der Waals surface area contributed by atoms with Gasteiger partial charge in [0.2, 0.25) is 0 Å². The van der Waals surface area contributed by atoms with Crippen molar-refractivity contribution < 1.29 is 14.0 Å². The zero-order chi connectivity index (χ0) is 19.0. The lowest BCUT2D eigenvalue weighted by molar-refractivity contribution is 0.387. The number of hydrogen-bond acceptors (Lipinski definition) is 2. The second-order valence-electron chi connectivity index (χ2n) is 8.66. The van der Waals surface area contributed by atoms with Crippen LogP contribution in [0.15, 0.2) is 42.5 Å². The molecule has 2 aromatic rings. The molecule has 0 bridgehead atoms. The van der Waals surface area contributed by atoms with E-state index in [2.05, 4.69) is 47.6 Å². The number of benzene rings is 2. The first-order chi connectivity index (χ1) is 11.3. The molecular weight excluding hydrogens is 331 g/mol. The molecule has 0 aromatic heterocycles. The Kier molecular flexibility index (Phi) is 5.23. The van der Waals surface area contributed by atoms with Crippen LogP contribution < -0.4 is 9.83 Å². The van der Waals surface area contributed by atoms with E-state index >= 15 is 0 Å². The maximum absolute atomic E-state index is 12.8. The first-order valence-corrected chi connectivity index (χ1v) is 10.1. The minimum Gasteiger partial charge on any atom is -0.421 e. The van der Waals surface area contributed by atoms with Gasteiger partial charge in [-0.2, -0.15) is 0 Å². The van der Waals surface area contributed by atoms with E-state index in [0.29, 0.717) is 11.1 Å². The summed E-state index contributed by atoms with van der Waals surface area (Å²) in [6.07, 6.45) is 0. The van der Waals surface area contributed by atoms with Crippen LogP contribution in [0.5, 0.6) is 5.75 Å². The fourth-order valence-corrected chi connectivity index (χ4v) is 3.64. The summed E-state index contributed by atoms with van der Waals surface area (Å²) in [5.41, 5.74) is 2.94. The van der Waals surface area contributed by atoms with Crippen LogP contribution in [-0.2, 0) is 15.4 Å². The van der Waals surface area contributed by atoms with Gasteiger partial charge in [-0.1, -0.05) is 71.4 Å². The Morgan fingerprint density at radius 1 is 0.880 bits per heavy atom. The average Bonchev–Trinajstić information content (AvgIpc) is 2.45. The van der Waals surface area contributed by atoms with Gasteiger partial charge in [-0.25, -0.2) is 4.57 Å². The van der Waals surface area contributed by atoms with Gasteiger partial charge in [0.05, 0.1) is 5.30 Å². The molecule has 0 radical (unpaired) electrons. The topological polar surface area (TPSA) is 46.5 Å². The van der Waals surface area contributed by atoms with Crippen molar-refractivity contribution in [1.29, 1.82) is 0 Å². The smallest absolute Gasteiger partial charge is 0.408 e. The number of hydrogen-bond donors (Lipinski definition) is 1. The Labute approximate surface area is 151 Å². The SMILES string of the molecule is Cc1ccc(P(=O)(O)Oc2ccc(C(C)(C)C)cc2C(C)(C)C)cc1. The van der Waals surface area contributed by atoms with Gasteiger partial charge in [0, 0.05) is 5.56 Å². The maximum atomic E-state index is 12.8. The van der Waals surface area contributed by atoms with Gasteiger partial charge >= 0.3 is 7.60 Å². The van der Waals surface area contributed by atoms with Crippen molar-refractivity contribution in [3.05, 3.63) is 59.2 Å². The molecule has 25 heavy (non-hydrogen) atoms. The molecule has 2 aromatic carbocycles. The Balaban J connectivity index is 2.48. The summed E-state index contributed by atoms with van der Waals surface area (Å²) in [6.45, 7) is 14.6. The van der Waals surface area contributed by atoms with Crippen molar-refractivity contribution in [3.8, 4) is 5.75 Å². The van der Waals surface area contributed by atoms with E-state index in [9.17, 15) is 9.46 Å². The summed E-state index contributed by atoms with van der Waals surface area (Å²) in [5.74, 6) is 0.465. The molecule has 0 spiro atoms. The molecule has 0 aliphatic rings. The molecule has 3 nitrogen and oxygen atoms in total. The fourth-order valence-electron chi connectivity index (χ4n) is 2.58. The highest BCUT2D eigenvalue weighted by Crippen LogP contribution is 2.45. The second kappa shape index (κ2) is 6.63. The Bertz CT molecular complexity index is 793. The standard InChI is InChI=1S/C21H29O3P/c1-15-8-11-17(12-9-15)25(22,23)24-19-13-10-16(20(2,3)4)14-18(19)21(5,6)7/h8-14H,1-7H3,(H,22,23). The van der Waals surface area contributed by atoms with Gasteiger partial charge in [0.25, 0.3) is 0 Å². The molecule has 0 saturated carbocycles. The first kappa shape index (κ1) is 19.8. The van der Waals surface area contributed by atoms with Crippen LogP contribution in [0.2, 0.25) is 0 Å². The van der Waals surface area contributed by atoms with Gasteiger partial charge in [0.15, 0.2) is 0 Å². The largest absolute Gasteiger partial charge is 0.421 e. The molecule has 0 amide bonds. The van der Waals surface area contributed by atoms with Crippen LogP contribution in [0.3, 0.4) is 0 Å². The third-order valence-electron chi connectivity index (χ3n) is 4.24. The Morgan fingerprint density at radius 2 is 1.44 bits per heavy atom. The zero-order valence-electron chi connectivity index (χ0n) is 16.3. The van der Waals surface area contributed by atoms with Crippen molar-refractivity contribution >= 4 is 12.9 Å². The highest BCUT2D eigenvalue weighted by molar-refractivity contribution is 7.61. The van der Waals surface area contributed by atoms with E-state index < -0.39 is 7.60 Å². The summed E-state index contributed by atoms with van der Waals surface area (Å²) in [7, 11) is -3.94. The van der Waals surface area contributed by atoms with Crippen molar-refractivity contribution in [2.24, 2.45) is 0 Å². The van der Waals surface area contributed by atoms with Gasteiger partial charge in [-0.05, 0) is 41.5 Å². The van der Waals surface area contributed by atoms with E-state index in [1.54, 1.807) is 12.1 Å². The summed E-state index contributed by atoms with van der Waals surface area (Å²) >= 11 is 0.